The SMILES string of the molecule is CC(C)CC(CO)NCc1cnn(CCO)c1. The minimum Gasteiger partial charge on any atom is -0.395 e. The van der Waals surface area contributed by atoms with Gasteiger partial charge in [-0.1, -0.05) is 13.8 Å². The predicted octanol–water partition coefficient (Wildman–Crippen LogP) is 0.372. The van der Waals surface area contributed by atoms with Crippen molar-refractivity contribution < 1.29 is 10.2 Å². The number of aliphatic hydroxyl groups is 2. The highest BCUT2D eigenvalue weighted by Gasteiger charge is 2.09. The molecule has 0 saturated carbocycles. The van der Waals surface area contributed by atoms with Crippen molar-refractivity contribution in [1.29, 1.82) is 0 Å². The van der Waals surface area contributed by atoms with Crippen molar-refractivity contribution in [1.82, 2.24) is 15.1 Å². The minimum atomic E-state index is 0.0984. The van der Waals surface area contributed by atoms with Crippen LogP contribution in [0, 0.1) is 5.92 Å². The van der Waals surface area contributed by atoms with Crippen LogP contribution in [-0.2, 0) is 13.1 Å². The molecule has 1 rings (SSSR count). The molecule has 3 N–H and O–H groups in total. The van der Waals surface area contributed by atoms with Crippen molar-refractivity contribution >= 4 is 0 Å². The minimum absolute atomic E-state index is 0.0984. The maximum atomic E-state index is 9.23. The largest absolute Gasteiger partial charge is 0.395 e. The maximum absolute atomic E-state index is 9.23. The molecule has 1 atom stereocenters. The van der Waals surface area contributed by atoms with Crippen molar-refractivity contribution in [3.63, 3.8) is 0 Å². The molecule has 0 aliphatic carbocycles. The monoisotopic (exact) mass is 241 g/mol. The van der Waals surface area contributed by atoms with E-state index in [9.17, 15) is 5.11 Å². The third-order valence-electron chi connectivity index (χ3n) is 2.59. The van der Waals surface area contributed by atoms with Crippen LogP contribution in [0.3, 0.4) is 0 Å². The normalized spacial score (nSPS) is 13.2. The highest BCUT2D eigenvalue weighted by atomic mass is 16.3. The standard InChI is InChI=1S/C12H23N3O2/c1-10(2)5-12(9-17)13-6-11-7-14-15(8-11)3-4-16/h7-8,10,12-13,16-17H,3-6,9H2,1-2H3. The zero-order valence-electron chi connectivity index (χ0n) is 10.6. The Morgan fingerprint density at radius 1 is 1.41 bits per heavy atom. The lowest BCUT2D eigenvalue weighted by Gasteiger charge is -2.17. The first-order valence-electron chi connectivity index (χ1n) is 6.12. The molecule has 0 aliphatic heterocycles. The van der Waals surface area contributed by atoms with Crippen LogP contribution in [0.25, 0.3) is 0 Å². The van der Waals surface area contributed by atoms with E-state index in [0.29, 0.717) is 19.0 Å². The molecule has 0 bridgehead atoms. The molecular weight excluding hydrogens is 218 g/mol. The van der Waals surface area contributed by atoms with Crippen LogP contribution in [0.1, 0.15) is 25.8 Å². The smallest absolute Gasteiger partial charge is 0.0640 e. The van der Waals surface area contributed by atoms with Crippen molar-refractivity contribution in [2.24, 2.45) is 5.92 Å². The number of aromatic nitrogens is 2. The van der Waals surface area contributed by atoms with Gasteiger partial charge in [0, 0.05) is 24.3 Å². The van der Waals surface area contributed by atoms with Crippen LogP contribution < -0.4 is 5.32 Å². The van der Waals surface area contributed by atoms with Crippen LogP contribution in [0.5, 0.6) is 0 Å². The lowest BCUT2D eigenvalue weighted by Crippen LogP contribution is -2.33. The second-order valence-corrected chi connectivity index (χ2v) is 4.73. The van der Waals surface area contributed by atoms with E-state index in [1.54, 1.807) is 10.9 Å². The summed E-state index contributed by atoms with van der Waals surface area (Å²) in [5, 5.41) is 25.4. The molecule has 1 aromatic heterocycles. The molecule has 0 saturated heterocycles. The number of hydrogen-bond acceptors (Lipinski definition) is 4. The third kappa shape index (κ3) is 5.30. The summed E-state index contributed by atoms with van der Waals surface area (Å²) in [6.45, 7) is 5.76. The molecule has 0 fully saturated rings. The van der Waals surface area contributed by atoms with Gasteiger partial charge in [-0.25, -0.2) is 0 Å². The van der Waals surface area contributed by atoms with E-state index < -0.39 is 0 Å². The third-order valence-corrected chi connectivity index (χ3v) is 2.59. The van der Waals surface area contributed by atoms with Crippen molar-refractivity contribution in [3.05, 3.63) is 18.0 Å². The van der Waals surface area contributed by atoms with E-state index >= 15 is 0 Å². The van der Waals surface area contributed by atoms with Crippen LogP contribution >= 0.6 is 0 Å². The van der Waals surface area contributed by atoms with Gasteiger partial charge in [-0.3, -0.25) is 4.68 Å². The zero-order valence-corrected chi connectivity index (χ0v) is 10.6. The summed E-state index contributed by atoms with van der Waals surface area (Å²) in [6, 6.07) is 0.135. The second-order valence-electron chi connectivity index (χ2n) is 4.73. The van der Waals surface area contributed by atoms with Crippen molar-refractivity contribution in [2.75, 3.05) is 13.2 Å². The van der Waals surface area contributed by atoms with Gasteiger partial charge >= 0.3 is 0 Å². The Morgan fingerprint density at radius 2 is 2.18 bits per heavy atom. The van der Waals surface area contributed by atoms with Crippen LogP contribution in [0.4, 0.5) is 0 Å². The number of hydrogen-bond donors (Lipinski definition) is 3. The zero-order chi connectivity index (χ0) is 12.7. The predicted molar refractivity (Wildman–Crippen MR) is 66.5 cm³/mol. The molecule has 0 spiro atoms. The molecule has 0 radical (unpaired) electrons. The van der Waals surface area contributed by atoms with Gasteiger partial charge in [0.05, 0.1) is 26.0 Å². The van der Waals surface area contributed by atoms with Gasteiger partial charge in [0.25, 0.3) is 0 Å². The summed E-state index contributed by atoms with van der Waals surface area (Å²) in [5.74, 6) is 0.566. The van der Waals surface area contributed by atoms with Crippen LogP contribution in [0.15, 0.2) is 12.4 Å². The maximum Gasteiger partial charge on any atom is 0.0640 e. The molecule has 0 amide bonds. The van der Waals surface area contributed by atoms with E-state index in [1.165, 1.54) is 0 Å². The van der Waals surface area contributed by atoms with E-state index in [4.69, 9.17) is 5.11 Å². The van der Waals surface area contributed by atoms with Gasteiger partial charge in [-0.05, 0) is 12.3 Å². The average molecular weight is 241 g/mol. The summed E-state index contributed by atoms with van der Waals surface area (Å²) in [7, 11) is 0. The molecular formula is C12H23N3O2. The molecule has 1 heterocycles. The molecule has 1 aromatic rings. The molecule has 0 aliphatic rings. The Hall–Kier alpha value is -0.910. The lowest BCUT2D eigenvalue weighted by atomic mass is 10.0. The molecule has 1 unspecified atom stereocenters. The van der Waals surface area contributed by atoms with Gasteiger partial charge in [-0.15, -0.1) is 0 Å². The Balaban J connectivity index is 2.36. The fourth-order valence-electron chi connectivity index (χ4n) is 1.78. The van der Waals surface area contributed by atoms with Gasteiger partial charge in [0.2, 0.25) is 0 Å². The van der Waals surface area contributed by atoms with Gasteiger partial charge in [0.15, 0.2) is 0 Å². The average Bonchev–Trinajstić information content (AvgIpc) is 2.72. The number of aliphatic hydroxyl groups excluding tert-OH is 2. The van der Waals surface area contributed by atoms with Gasteiger partial charge < -0.3 is 15.5 Å². The summed E-state index contributed by atoms with van der Waals surface area (Å²) < 4.78 is 1.72. The Morgan fingerprint density at radius 3 is 2.76 bits per heavy atom. The van der Waals surface area contributed by atoms with Crippen LogP contribution in [-0.4, -0.2) is 39.2 Å². The lowest BCUT2D eigenvalue weighted by molar-refractivity contribution is 0.223. The molecule has 98 valence electrons. The summed E-state index contributed by atoms with van der Waals surface area (Å²) in [4.78, 5) is 0. The fraction of sp³-hybridized carbons (Fsp3) is 0.750. The van der Waals surface area contributed by atoms with Crippen molar-refractivity contribution in [2.45, 2.75) is 39.4 Å². The van der Waals surface area contributed by atoms with Gasteiger partial charge in [0.1, 0.15) is 0 Å². The van der Waals surface area contributed by atoms with Crippen molar-refractivity contribution in [3.8, 4) is 0 Å². The van der Waals surface area contributed by atoms with Crippen LogP contribution in [0.2, 0.25) is 0 Å². The van der Waals surface area contributed by atoms with E-state index in [1.807, 2.05) is 6.20 Å². The Labute approximate surface area is 102 Å². The van der Waals surface area contributed by atoms with Gasteiger partial charge in [-0.2, -0.15) is 5.10 Å². The first-order valence-corrected chi connectivity index (χ1v) is 6.12. The van der Waals surface area contributed by atoms with E-state index in [0.717, 1.165) is 12.0 Å². The number of rotatable bonds is 8. The molecule has 5 nitrogen and oxygen atoms in total. The molecule has 5 heteroatoms. The van der Waals surface area contributed by atoms with E-state index in [2.05, 4.69) is 24.3 Å². The number of nitrogens with one attached hydrogen (secondary N) is 1. The first-order chi connectivity index (χ1) is 8.15. The second kappa shape index (κ2) is 7.42. The summed E-state index contributed by atoms with van der Waals surface area (Å²) in [5.41, 5.74) is 1.07. The quantitative estimate of drug-likeness (QED) is 0.615. The highest BCUT2D eigenvalue weighted by molar-refractivity contribution is 5.03. The van der Waals surface area contributed by atoms with E-state index in [-0.39, 0.29) is 19.3 Å². The number of nitrogens with zero attached hydrogens (tertiary/aromatic N) is 2. The fourth-order valence-corrected chi connectivity index (χ4v) is 1.78. The first kappa shape index (κ1) is 14.2. The Bertz CT molecular complexity index is 312. The summed E-state index contributed by atoms with van der Waals surface area (Å²) in [6.07, 6.45) is 4.65. The highest BCUT2D eigenvalue weighted by Crippen LogP contribution is 2.05. The topological polar surface area (TPSA) is 70.3 Å². The molecule has 17 heavy (non-hydrogen) atoms. The summed E-state index contributed by atoms with van der Waals surface area (Å²) >= 11 is 0. The molecule has 0 aromatic carbocycles. The Kier molecular flexibility index (Phi) is 6.18.